The summed E-state index contributed by atoms with van der Waals surface area (Å²) in [6.07, 6.45) is -2.09. The van der Waals surface area contributed by atoms with Crippen LogP contribution in [0.15, 0.2) is 35.3 Å². The van der Waals surface area contributed by atoms with Crippen LogP contribution in [0.3, 0.4) is 0 Å². The van der Waals surface area contributed by atoms with Crippen LogP contribution in [0.1, 0.15) is 16.7 Å². The average Bonchev–Trinajstić information content (AvgIpc) is 3.00. The van der Waals surface area contributed by atoms with Gasteiger partial charge in [0.15, 0.2) is 11.5 Å². The van der Waals surface area contributed by atoms with Crippen molar-refractivity contribution in [3.8, 4) is 17.6 Å². The van der Waals surface area contributed by atoms with Gasteiger partial charge < -0.3 is 18.8 Å². The largest absolute Gasteiger partial charge is 0.586 e. The third-order valence-electron chi connectivity index (χ3n) is 4.62. The SMILES string of the molecule is N#Cc1cc(CN2CCOCC2)cn(Cc2cccc3c2OC(F)(F)O3)c1=O. The first kappa shape index (κ1) is 18.4. The van der Waals surface area contributed by atoms with E-state index < -0.39 is 11.9 Å². The number of nitriles is 1. The van der Waals surface area contributed by atoms with Gasteiger partial charge in [-0.3, -0.25) is 9.69 Å². The van der Waals surface area contributed by atoms with Crippen LogP contribution in [0, 0.1) is 11.3 Å². The predicted molar refractivity (Wildman–Crippen MR) is 93.3 cm³/mol. The minimum atomic E-state index is -3.74. The fourth-order valence-electron chi connectivity index (χ4n) is 3.33. The molecule has 1 aromatic carbocycles. The van der Waals surface area contributed by atoms with Gasteiger partial charge in [-0.05, 0) is 17.7 Å². The fraction of sp³-hybridized carbons (Fsp3) is 0.368. The minimum absolute atomic E-state index is 0.000772. The third-order valence-corrected chi connectivity index (χ3v) is 4.62. The van der Waals surface area contributed by atoms with Crippen molar-refractivity contribution in [2.45, 2.75) is 19.4 Å². The van der Waals surface area contributed by atoms with E-state index in [2.05, 4.69) is 14.4 Å². The summed E-state index contributed by atoms with van der Waals surface area (Å²) < 4.78 is 42.5. The highest BCUT2D eigenvalue weighted by molar-refractivity contribution is 5.49. The molecule has 2 aliphatic rings. The summed E-state index contributed by atoms with van der Waals surface area (Å²) in [4.78, 5) is 14.7. The van der Waals surface area contributed by atoms with Crippen LogP contribution in [0.2, 0.25) is 0 Å². The summed E-state index contributed by atoms with van der Waals surface area (Å²) in [5, 5.41) is 9.32. The topological polar surface area (TPSA) is 76.7 Å². The van der Waals surface area contributed by atoms with Crippen LogP contribution in [-0.2, 0) is 17.8 Å². The van der Waals surface area contributed by atoms with Gasteiger partial charge in [-0.25, -0.2) is 0 Å². The highest BCUT2D eigenvalue weighted by Gasteiger charge is 2.44. The Labute approximate surface area is 159 Å². The van der Waals surface area contributed by atoms with Crippen LogP contribution in [-0.4, -0.2) is 42.1 Å². The lowest BCUT2D eigenvalue weighted by atomic mass is 10.1. The number of fused-ring (bicyclic) bond motifs is 1. The lowest BCUT2D eigenvalue weighted by Gasteiger charge is -2.26. The Morgan fingerprint density at radius 1 is 1.18 bits per heavy atom. The molecular formula is C19H17F2N3O4. The van der Waals surface area contributed by atoms with Gasteiger partial charge in [0.2, 0.25) is 0 Å². The second-order valence-corrected chi connectivity index (χ2v) is 6.61. The number of benzene rings is 1. The number of rotatable bonds is 4. The van der Waals surface area contributed by atoms with Crippen molar-refractivity contribution in [1.29, 1.82) is 5.26 Å². The number of nitrogens with zero attached hydrogens (tertiary/aromatic N) is 3. The second kappa shape index (κ2) is 7.22. The lowest BCUT2D eigenvalue weighted by Crippen LogP contribution is -2.36. The van der Waals surface area contributed by atoms with Crippen LogP contribution in [0.25, 0.3) is 0 Å². The van der Waals surface area contributed by atoms with E-state index >= 15 is 0 Å². The van der Waals surface area contributed by atoms with Crippen LogP contribution in [0.4, 0.5) is 8.78 Å². The Morgan fingerprint density at radius 3 is 2.71 bits per heavy atom. The number of hydrogen-bond donors (Lipinski definition) is 0. The maximum Gasteiger partial charge on any atom is 0.586 e. The molecular weight excluding hydrogens is 372 g/mol. The molecule has 0 spiro atoms. The molecule has 2 aromatic rings. The molecule has 0 N–H and O–H groups in total. The number of aromatic nitrogens is 1. The van der Waals surface area contributed by atoms with Crippen molar-refractivity contribution in [3.05, 3.63) is 57.5 Å². The molecule has 1 fully saturated rings. The Kier molecular flexibility index (Phi) is 4.75. The third kappa shape index (κ3) is 3.69. The molecule has 146 valence electrons. The van der Waals surface area contributed by atoms with E-state index in [-0.39, 0.29) is 23.6 Å². The number of para-hydroxylation sites is 1. The van der Waals surface area contributed by atoms with Gasteiger partial charge in [0.05, 0.1) is 19.8 Å². The smallest absolute Gasteiger partial charge is 0.395 e. The van der Waals surface area contributed by atoms with Gasteiger partial charge in [0.1, 0.15) is 11.6 Å². The van der Waals surface area contributed by atoms with E-state index in [4.69, 9.17) is 4.74 Å². The Morgan fingerprint density at radius 2 is 1.96 bits per heavy atom. The highest BCUT2D eigenvalue weighted by Crippen LogP contribution is 2.43. The summed E-state index contributed by atoms with van der Waals surface area (Å²) >= 11 is 0. The molecule has 7 nitrogen and oxygen atoms in total. The molecule has 0 saturated carbocycles. The summed E-state index contributed by atoms with van der Waals surface area (Å²) in [7, 11) is 0. The van der Waals surface area contributed by atoms with Gasteiger partial charge in [-0.15, -0.1) is 8.78 Å². The molecule has 0 bridgehead atoms. The van der Waals surface area contributed by atoms with E-state index in [1.165, 1.54) is 10.6 Å². The Bertz CT molecular complexity index is 994. The summed E-state index contributed by atoms with van der Waals surface area (Å²) in [6, 6.07) is 7.98. The second-order valence-electron chi connectivity index (χ2n) is 6.61. The monoisotopic (exact) mass is 389 g/mol. The minimum Gasteiger partial charge on any atom is -0.395 e. The fourth-order valence-corrected chi connectivity index (χ4v) is 3.33. The normalized spacial score (nSPS) is 18.0. The van der Waals surface area contributed by atoms with E-state index in [0.29, 0.717) is 25.3 Å². The molecule has 3 heterocycles. The first-order valence-corrected chi connectivity index (χ1v) is 8.76. The number of ether oxygens (including phenoxy) is 3. The van der Waals surface area contributed by atoms with Crippen molar-refractivity contribution >= 4 is 0 Å². The maximum atomic E-state index is 13.4. The quantitative estimate of drug-likeness (QED) is 0.795. The van der Waals surface area contributed by atoms with Crippen LogP contribution < -0.4 is 15.0 Å². The summed E-state index contributed by atoms with van der Waals surface area (Å²) in [6.45, 7) is 3.32. The molecule has 0 unspecified atom stereocenters. The predicted octanol–water partition coefficient (Wildman–Crippen LogP) is 1.92. The zero-order valence-electron chi connectivity index (χ0n) is 14.9. The molecule has 9 heteroatoms. The van der Waals surface area contributed by atoms with Crippen molar-refractivity contribution in [2.75, 3.05) is 26.3 Å². The maximum absolute atomic E-state index is 13.4. The van der Waals surface area contributed by atoms with Gasteiger partial charge >= 0.3 is 6.29 Å². The number of hydrogen-bond acceptors (Lipinski definition) is 6. The van der Waals surface area contributed by atoms with Gasteiger partial charge in [0, 0.05) is 31.4 Å². The first-order chi connectivity index (χ1) is 13.4. The Hall–Kier alpha value is -2.96. The van der Waals surface area contributed by atoms with Crippen molar-refractivity contribution in [1.82, 2.24) is 9.47 Å². The Balaban J connectivity index is 1.65. The summed E-state index contributed by atoms with van der Waals surface area (Å²) in [5.41, 5.74) is 0.662. The van der Waals surface area contributed by atoms with Gasteiger partial charge in [-0.2, -0.15) is 5.26 Å². The number of alkyl halides is 2. The molecule has 0 amide bonds. The van der Waals surface area contributed by atoms with Crippen LogP contribution in [0.5, 0.6) is 11.5 Å². The molecule has 0 radical (unpaired) electrons. The number of pyridine rings is 1. The van der Waals surface area contributed by atoms with Gasteiger partial charge in [0.25, 0.3) is 5.56 Å². The van der Waals surface area contributed by atoms with Crippen LogP contribution >= 0.6 is 0 Å². The van der Waals surface area contributed by atoms with E-state index in [1.54, 1.807) is 24.4 Å². The molecule has 0 aliphatic carbocycles. The van der Waals surface area contributed by atoms with E-state index in [0.717, 1.165) is 18.7 Å². The molecule has 4 rings (SSSR count). The lowest BCUT2D eigenvalue weighted by molar-refractivity contribution is -0.286. The zero-order chi connectivity index (χ0) is 19.7. The van der Waals surface area contributed by atoms with Crippen molar-refractivity contribution in [3.63, 3.8) is 0 Å². The first-order valence-electron chi connectivity index (χ1n) is 8.76. The zero-order valence-corrected chi connectivity index (χ0v) is 14.9. The van der Waals surface area contributed by atoms with E-state index in [9.17, 15) is 18.8 Å². The highest BCUT2D eigenvalue weighted by atomic mass is 19.3. The molecule has 1 aromatic heterocycles. The van der Waals surface area contributed by atoms with Crippen molar-refractivity contribution in [2.24, 2.45) is 0 Å². The van der Waals surface area contributed by atoms with E-state index in [1.807, 2.05) is 6.07 Å². The average molecular weight is 389 g/mol. The van der Waals surface area contributed by atoms with Crippen molar-refractivity contribution < 1.29 is 23.0 Å². The molecule has 28 heavy (non-hydrogen) atoms. The molecule has 1 saturated heterocycles. The summed E-state index contributed by atoms with van der Waals surface area (Å²) in [5.74, 6) is -0.183. The number of halogens is 2. The van der Waals surface area contributed by atoms with Gasteiger partial charge in [-0.1, -0.05) is 12.1 Å². The number of morpholine rings is 1. The molecule has 2 aliphatic heterocycles. The standard InChI is InChI=1S/C19H17F2N3O4/c20-19(21)27-16-3-1-2-14(17(16)28-19)12-24-11-13(8-15(9-22)18(24)25)10-23-4-6-26-7-5-23/h1-3,8,11H,4-7,10,12H2. The molecule has 0 atom stereocenters.